The molecule has 0 saturated heterocycles. The number of ether oxygens (including phenoxy) is 4. The van der Waals surface area contributed by atoms with Crippen molar-refractivity contribution >= 4 is 52.1 Å². The van der Waals surface area contributed by atoms with Gasteiger partial charge < -0.3 is 28.9 Å². The van der Waals surface area contributed by atoms with Crippen molar-refractivity contribution in [2.45, 2.75) is 0 Å². The first kappa shape index (κ1) is 36.6. The normalized spacial score (nSPS) is 11.6. The molecule has 2 N–H and O–H groups in total. The Morgan fingerprint density at radius 2 is 0.814 bits per heavy atom. The second kappa shape index (κ2) is 15.5. The molecule has 11 heteroatoms. The van der Waals surface area contributed by atoms with Crippen LogP contribution in [-0.2, 0) is 0 Å². The molecule has 9 rings (SSSR count). The standard InChI is InChI=1S/C48H37N7O4/c1-56-32-13-5-28(6-14-32)44-36-21-22-37(50-36)45(29-7-15-33(57-2)16-8-29)39-25-26-41(52-39)47(31-11-19-35(59-4)20-12-31)48-43(54-55-49)27-42(53-48)46(40-24-23-38(44)51-40)30-9-17-34(58-3)18-10-30/h5-27,51,53H,1-4H3. The first-order valence-corrected chi connectivity index (χ1v) is 18.8. The van der Waals surface area contributed by atoms with Crippen LogP contribution in [0.3, 0.4) is 0 Å². The maximum absolute atomic E-state index is 9.95. The largest absolute Gasteiger partial charge is 0.497 e. The molecule has 0 unspecified atom stereocenters. The van der Waals surface area contributed by atoms with E-state index in [4.69, 9.17) is 28.9 Å². The third-order valence-electron chi connectivity index (χ3n) is 10.5. The fourth-order valence-corrected chi connectivity index (χ4v) is 7.64. The van der Waals surface area contributed by atoms with Crippen LogP contribution in [0.25, 0.3) is 101 Å². The maximum Gasteiger partial charge on any atom is 0.118 e. The average Bonchev–Trinajstić information content (AvgIpc) is 4.13. The predicted molar refractivity (Wildman–Crippen MR) is 236 cm³/mol. The van der Waals surface area contributed by atoms with Crippen LogP contribution in [0.4, 0.5) is 5.69 Å². The average molecular weight is 776 g/mol. The van der Waals surface area contributed by atoms with Crippen molar-refractivity contribution < 1.29 is 18.9 Å². The minimum atomic E-state index is 0.409. The Bertz CT molecular complexity index is 3010. The number of benzene rings is 4. The first-order valence-electron chi connectivity index (χ1n) is 18.8. The van der Waals surface area contributed by atoms with Crippen LogP contribution in [0.15, 0.2) is 120 Å². The van der Waals surface area contributed by atoms with E-state index in [-0.39, 0.29) is 0 Å². The Kier molecular flexibility index (Phi) is 9.62. The Hall–Kier alpha value is -8.01. The Morgan fingerprint density at radius 3 is 1.25 bits per heavy atom. The third kappa shape index (κ3) is 6.81. The number of hydrogen-bond acceptors (Lipinski definition) is 7. The number of nitrogens with one attached hydrogen (secondary N) is 2. The van der Waals surface area contributed by atoms with Crippen LogP contribution >= 0.6 is 0 Å². The lowest BCUT2D eigenvalue weighted by molar-refractivity contribution is 0.415. The molecule has 0 aliphatic carbocycles. The highest BCUT2D eigenvalue weighted by atomic mass is 16.5. The number of hydrogen-bond donors (Lipinski definition) is 2. The molecule has 3 aromatic heterocycles. The second-order valence-corrected chi connectivity index (χ2v) is 13.8. The van der Waals surface area contributed by atoms with Gasteiger partial charge >= 0.3 is 0 Å². The van der Waals surface area contributed by atoms with Crippen LogP contribution in [0.5, 0.6) is 23.0 Å². The van der Waals surface area contributed by atoms with E-state index < -0.39 is 0 Å². The van der Waals surface area contributed by atoms with Crippen molar-refractivity contribution in [2.75, 3.05) is 28.4 Å². The third-order valence-corrected chi connectivity index (χ3v) is 10.5. The number of aromatic nitrogens is 4. The molecule has 0 spiro atoms. The van der Waals surface area contributed by atoms with E-state index in [0.717, 1.165) is 89.7 Å². The van der Waals surface area contributed by atoms with Gasteiger partial charge in [-0.05, 0) is 119 Å². The van der Waals surface area contributed by atoms with Gasteiger partial charge in [0.2, 0.25) is 0 Å². The van der Waals surface area contributed by atoms with Crippen LogP contribution in [0.2, 0.25) is 0 Å². The lowest BCUT2D eigenvalue weighted by atomic mass is 10.0. The molecule has 0 saturated carbocycles. The number of nitrogens with zero attached hydrogens (tertiary/aromatic N) is 5. The van der Waals surface area contributed by atoms with Crippen LogP contribution < -0.4 is 18.9 Å². The molecule has 11 nitrogen and oxygen atoms in total. The summed E-state index contributed by atoms with van der Waals surface area (Å²) in [6, 6.07) is 37.5. The maximum atomic E-state index is 9.95. The van der Waals surface area contributed by atoms with Crippen molar-refractivity contribution in [1.82, 2.24) is 19.9 Å². The molecule has 59 heavy (non-hydrogen) atoms. The molecular formula is C48H37N7O4. The smallest absolute Gasteiger partial charge is 0.118 e. The monoisotopic (exact) mass is 775 g/mol. The number of rotatable bonds is 9. The molecule has 2 aliphatic heterocycles. The fraction of sp³-hybridized carbons (Fsp3) is 0.0833. The van der Waals surface area contributed by atoms with E-state index in [1.54, 1.807) is 28.4 Å². The highest BCUT2D eigenvalue weighted by Gasteiger charge is 2.21. The number of aromatic amines is 2. The second-order valence-electron chi connectivity index (χ2n) is 13.8. The molecule has 288 valence electrons. The zero-order chi connectivity index (χ0) is 40.5. The Morgan fingerprint density at radius 1 is 0.441 bits per heavy atom. The predicted octanol–water partition coefficient (Wildman–Crippen LogP) is 12.3. The van der Waals surface area contributed by atoms with E-state index in [0.29, 0.717) is 28.3 Å². The van der Waals surface area contributed by atoms with Crippen molar-refractivity contribution in [3.05, 3.63) is 148 Å². The van der Waals surface area contributed by atoms with E-state index in [2.05, 4.69) is 32.1 Å². The highest BCUT2D eigenvalue weighted by molar-refractivity contribution is 6.03. The molecule has 0 atom stereocenters. The van der Waals surface area contributed by atoms with Gasteiger partial charge in [0.25, 0.3) is 0 Å². The summed E-state index contributed by atoms with van der Waals surface area (Å²) in [4.78, 5) is 21.4. The molecule has 0 amide bonds. The number of H-pyrrole nitrogens is 2. The molecule has 2 aliphatic rings. The van der Waals surface area contributed by atoms with Crippen LogP contribution in [0, 0.1) is 0 Å². The first-order chi connectivity index (χ1) is 29.0. The Labute approximate surface area is 339 Å². The van der Waals surface area contributed by atoms with Crippen molar-refractivity contribution in [3.8, 4) is 67.5 Å². The summed E-state index contributed by atoms with van der Waals surface area (Å²) in [6.45, 7) is 0. The summed E-state index contributed by atoms with van der Waals surface area (Å²) in [5, 5.41) is 4.25. The van der Waals surface area contributed by atoms with E-state index in [9.17, 15) is 5.53 Å². The van der Waals surface area contributed by atoms with Gasteiger partial charge in [0.15, 0.2) is 0 Å². The summed E-state index contributed by atoms with van der Waals surface area (Å²) in [5.41, 5.74) is 23.2. The topological polar surface area (TPSA) is 143 Å². The van der Waals surface area contributed by atoms with Crippen molar-refractivity contribution in [2.24, 2.45) is 5.11 Å². The summed E-state index contributed by atoms with van der Waals surface area (Å²) in [7, 11) is 6.59. The summed E-state index contributed by atoms with van der Waals surface area (Å²) in [5.74, 6) is 2.92. The molecule has 5 heterocycles. The zero-order valence-electron chi connectivity index (χ0n) is 32.6. The molecule has 0 fully saturated rings. The number of fused-ring (bicyclic) bond motifs is 8. The van der Waals surface area contributed by atoms with Crippen LogP contribution in [0.1, 0.15) is 22.8 Å². The quantitative estimate of drug-likeness (QED) is 0.0848. The SMILES string of the molecule is COc1ccc(-c2c3nc(c(-c4ccc(OC)cc4)c4ccc([nH]4)c(-c4ccc(OC)cc4)c4cc(N=[N+]=[N-])c([nH]4)c(-c4ccc(OC)cc4)c4nc2C=C4)C=C3)cc1. The van der Waals surface area contributed by atoms with E-state index in [1.165, 1.54) is 0 Å². The van der Waals surface area contributed by atoms with Crippen molar-refractivity contribution in [1.29, 1.82) is 0 Å². The molecular weight excluding hydrogens is 739 g/mol. The number of methoxy groups -OCH3 is 4. The summed E-state index contributed by atoms with van der Waals surface area (Å²) >= 11 is 0. The van der Waals surface area contributed by atoms with Crippen molar-refractivity contribution in [3.63, 3.8) is 0 Å². The minimum Gasteiger partial charge on any atom is -0.497 e. The zero-order valence-corrected chi connectivity index (χ0v) is 32.6. The van der Waals surface area contributed by atoms with E-state index >= 15 is 0 Å². The summed E-state index contributed by atoms with van der Waals surface area (Å²) < 4.78 is 22.1. The van der Waals surface area contributed by atoms with Gasteiger partial charge in [0.1, 0.15) is 23.0 Å². The number of azide groups is 1. The van der Waals surface area contributed by atoms with Gasteiger partial charge in [-0.1, -0.05) is 53.6 Å². The molecule has 4 aromatic carbocycles. The minimum absolute atomic E-state index is 0.409. The van der Waals surface area contributed by atoms with Gasteiger partial charge in [-0.15, -0.1) is 0 Å². The molecule has 8 bridgehead atoms. The van der Waals surface area contributed by atoms with Gasteiger partial charge in [-0.3, -0.25) is 0 Å². The van der Waals surface area contributed by atoms with Crippen LogP contribution in [-0.4, -0.2) is 48.4 Å². The van der Waals surface area contributed by atoms with E-state index in [1.807, 2.05) is 127 Å². The van der Waals surface area contributed by atoms with Gasteiger partial charge in [-0.25, -0.2) is 9.97 Å². The lowest BCUT2D eigenvalue weighted by Gasteiger charge is -2.08. The summed E-state index contributed by atoms with van der Waals surface area (Å²) in [6.07, 6.45) is 8.07. The van der Waals surface area contributed by atoms with Gasteiger partial charge in [0.05, 0.1) is 62.4 Å². The fourth-order valence-electron chi connectivity index (χ4n) is 7.64. The lowest BCUT2D eigenvalue weighted by Crippen LogP contribution is -1.92. The molecule has 7 aromatic rings. The highest BCUT2D eigenvalue weighted by Crippen LogP contribution is 2.42. The molecule has 0 radical (unpaired) electrons. The van der Waals surface area contributed by atoms with Gasteiger partial charge in [0, 0.05) is 43.7 Å². The Balaban J connectivity index is 1.48. The van der Waals surface area contributed by atoms with Gasteiger partial charge in [-0.2, -0.15) is 0 Å².